The van der Waals surface area contributed by atoms with Gasteiger partial charge in [-0.25, -0.2) is 0 Å². The van der Waals surface area contributed by atoms with Crippen LogP contribution < -0.4 is 0 Å². The minimum absolute atomic E-state index is 0.0257. The van der Waals surface area contributed by atoms with E-state index in [1.165, 1.54) is 22.8 Å². The minimum atomic E-state index is -4.46. The van der Waals surface area contributed by atoms with E-state index in [2.05, 4.69) is 51.0 Å². The third-order valence-corrected chi connectivity index (χ3v) is 15.6. The number of aliphatic hydroxyl groups is 1. The van der Waals surface area contributed by atoms with Gasteiger partial charge in [-0.2, -0.15) is 13.2 Å². The normalized spacial score (nSPS) is 27.1. The van der Waals surface area contributed by atoms with Crippen LogP contribution in [0.15, 0.2) is 30.5 Å². The van der Waals surface area contributed by atoms with Crippen LogP contribution in [-0.4, -0.2) is 49.8 Å². The van der Waals surface area contributed by atoms with Crippen LogP contribution in [0, 0.1) is 11.3 Å². The number of halogens is 3. The van der Waals surface area contributed by atoms with Crippen molar-refractivity contribution in [2.75, 3.05) is 26.4 Å². The molecule has 2 aliphatic heterocycles. The molecular formula is C35H47F3N2O4Si. The van der Waals surface area contributed by atoms with Gasteiger partial charge in [0.1, 0.15) is 0 Å². The van der Waals surface area contributed by atoms with Gasteiger partial charge in [0.15, 0.2) is 8.32 Å². The molecule has 2 aliphatic carbocycles. The molecule has 10 heteroatoms. The Bertz CT molecular complexity index is 1410. The molecule has 45 heavy (non-hydrogen) atoms. The number of aromatic nitrogens is 2. The summed E-state index contributed by atoms with van der Waals surface area (Å²) < 4.78 is 58.0. The molecule has 0 amide bonds. The zero-order chi connectivity index (χ0) is 32.2. The van der Waals surface area contributed by atoms with Gasteiger partial charge in [-0.15, -0.1) is 0 Å². The highest BCUT2D eigenvalue weighted by Crippen LogP contribution is 2.61. The Balaban J connectivity index is 1.35. The van der Waals surface area contributed by atoms with Crippen LogP contribution in [0.5, 0.6) is 0 Å². The van der Waals surface area contributed by atoms with Crippen molar-refractivity contribution in [3.05, 3.63) is 64.2 Å². The summed E-state index contributed by atoms with van der Waals surface area (Å²) in [5.74, 6) is 0.267. The van der Waals surface area contributed by atoms with Crippen molar-refractivity contribution in [1.29, 1.82) is 0 Å². The van der Waals surface area contributed by atoms with Crippen LogP contribution in [0.3, 0.4) is 0 Å². The Morgan fingerprint density at radius 1 is 1.04 bits per heavy atom. The summed E-state index contributed by atoms with van der Waals surface area (Å²) in [6.07, 6.45) is 3.46. The van der Waals surface area contributed by atoms with Crippen molar-refractivity contribution in [1.82, 2.24) is 9.97 Å². The topological polar surface area (TPSA) is 73.7 Å². The fourth-order valence-corrected chi connectivity index (χ4v) is 8.76. The predicted octanol–water partition coefficient (Wildman–Crippen LogP) is 8.33. The van der Waals surface area contributed by atoms with Crippen molar-refractivity contribution in [3.63, 3.8) is 0 Å². The lowest BCUT2D eigenvalue weighted by atomic mass is 9.53. The Kier molecular flexibility index (Phi) is 8.87. The zero-order valence-corrected chi connectivity index (χ0v) is 28.2. The second kappa shape index (κ2) is 12.2. The quantitative estimate of drug-likeness (QED) is 0.319. The van der Waals surface area contributed by atoms with Crippen molar-refractivity contribution in [3.8, 4) is 0 Å². The van der Waals surface area contributed by atoms with E-state index < -0.39 is 26.2 Å². The lowest BCUT2D eigenvalue weighted by Crippen LogP contribution is -2.49. The van der Waals surface area contributed by atoms with Gasteiger partial charge >= 0.3 is 6.18 Å². The Morgan fingerprint density at radius 2 is 1.78 bits per heavy atom. The van der Waals surface area contributed by atoms with Crippen LogP contribution in [0.4, 0.5) is 13.2 Å². The molecule has 1 saturated heterocycles. The van der Waals surface area contributed by atoms with Crippen LogP contribution in [0.2, 0.25) is 18.1 Å². The summed E-state index contributed by atoms with van der Waals surface area (Å²) in [5.41, 5.74) is 5.42. The van der Waals surface area contributed by atoms with Gasteiger partial charge in [-0.1, -0.05) is 26.8 Å². The molecule has 2 aromatic heterocycles. The Morgan fingerprint density at radius 3 is 2.38 bits per heavy atom. The summed E-state index contributed by atoms with van der Waals surface area (Å²) in [5, 5.41) is 11.2. The molecule has 0 bridgehead atoms. The molecule has 246 valence electrons. The Hall–Kier alpha value is -2.11. The minimum Gasteiger partial charge on any atom is -0.410 e. The molecule has 2 fully saturated rings. The highest BCUT2D eigenvalue weighted by atomic mass is 28.4. The maximum atomic E-state index is 13.1. The number of fused-ring (bicyclic) bond motifs is 1. The summed E-state index contributed by atoms with van der Waals surface area (Å²) in [6, 6.07) is 4.65. The maximum Gasteiger partial charge on any atom is 0.417 e. The second-order valence-electron chi connectivity index (χ2n) is 15.2. The first-order valence-electron chi connectivity index (χ1n) is 16.4. The summed E-state index contributed by atoms with van der Waals surface area (Å²) in [4.78, 5) is 9.42. The van der Waals surface area contributed by atoms with Crippen molar-refractivity contribution < 1.29 is 32.2 Å². The number of ether oxygens (including phenoxy) is 2. The van der Waals surface area contributed by atoms with Crippen LogP contribution in [0.25, 0.3) is 5.57 Å². The van der Waals surface area contributed by atoms with E-state index >= 15 is 0 Å². The molecule has 0 aromatic carbocycles. The molecule has 1 saturated carbocycles. The average molecular weight is 645 g/mol. The van der Waals surface area contributed by atoms with Crippen molar-refractivity contribution in [2.45, 2.75) is 108 Å². The molecule has 1 unspecified atom stereocenters. The number of aliphatic hydroxyl groups excluding tert-OH is 1. The van der Waals surface area contributed by atoms with E-state index in [9.17, 15) is 18.3 Å². The number of nitrogens with zero attached hydrogens (tertiary/aromatic N) is 2. The summed E-state index contributed by atoms with van der Waals surface area (Å²) in [6.45, 7) is 14.2. The smallest absolute Gasteiger partial charge is 0.410 e. The van der Waals surface area contributed by atoms with Gasteiger partial charge in [0, 0.05) is 42.3 Å². The van der Waals surface area contributed by atoms with E-state index in [-0.39, 0.29) is 22.5 Å². The SMILES string of the molecule is CC(C)(C)[Si](C)(C)O[C@H]1CC2(Cc3nc(C4CCOCC4)cc(C4=CCOCC4)c31)CC(C(O)c1ccc(C(F)(F)F)cn1)C2. The van der Waals surface area contributed by atoms with Crippen LogP contribution >= 0.6 is 0 Å². The molecule has 1 N–H and O–H groups in total. The first kappa shape index (κ1) is 32.8. The fourth-order valence-electron chi connectivity index (χ4n) is 7.50. The largest absolute Gasteiger partial charge is 0.417 e. The van der Waals surface area contributed by atoms with Crippen LogP contribution in [-0.2, 0) is 26.5 Å². The van der Waals surface area contributed by atoms with E-state index in [4.69, 9.17) is 18.9 Å². The van der Waals surface area contributed by atoms with Gasteiger partial charge in [-0.05, 0) is 104 Å². The molecular weight excluding hydrogens is 597 g/mol. The number of rotatable bonds is 6. The summed E-state index contributed by atoms with van der Waals surface area (Å²) in [7, 11) is -2.18. The predicted molar refractivity (Wildman–Crippen MR) is 169 cm³/mol. The van der Waals surface area contributed by atoms with E-state index in [1.807, 2.05) is 0 Å². The number of hydrogen-bond donors (Lipinski definition) is 1. The van der Waals surface area contributed by atoms with Gasteiger partial charge in [0.2, 0.25) is 0 Å². The van der Waals surface area contributed by atoms with Gasteiger partial charge < -0.3 is 19.0 Å². The molecule has 0 radical (unpaired) electrons. The second-order valence-corrected chi connectivity index (χ2v) is 20.0. The average Bonchev–Trinajstić information content (AvgIpc) is 2.98. The molecule has 2 atom stereocenters. The fraction of sp³-hybridized carbons (Fsp3) is 0.657. The molecule has 4 aliphatic rings. The first-order valence-corrected chi connectivity index (χ1v) is 19.3. The lowest BCUT2D eigenvalue weighted by molar-refractivity contribution is -0.137. The lowest BCUT2D eigenvalue weighted by Gasteiger charge is -2.55. The number of hydrogen-bond acceptors (Lipinski definition) is 6. The van der Waals surface area contributed by atoms with Gasteiger partial charge in [0.25, 0.3) is 0 Å². The Labute approximate surface area is 265 Å². The highest BCUT2D eigenvalue weighted by molar-refractivity contribution is 6.74. The zero-order valence-electron chi connectivity index (χ0n) is 27.2. The monoisotopic (exact) mass is 644 g/mol. The number of alkyl halides is 3. The molecule has 1 spiro atoms. The third-order valence-electron chi connectivity index (χ3n) is 11.1. The van der Waals surface area contributed by atoms with Gasteiger partial charge in [0.05, 0.1) is 36.7 Å². The highest BCUT2D eigenvalue weighted by Gasteiger charge is 2.53. The standard InChI is InChI=1S/C35H47F3N2O4Si/c1-33(2,3)45(4,5)44-30-20-34(17-24(18-34)32(41)27-7-6-25(21-39-27)35(36,37)38)19-29-31(30)26(22-8-12-42-13-9-22)16-28(40-29)23-10-14-43-15-11-23/h6-8,16,21,23-24,30,32,41H,9-15,17-20H2,1-5H3/t24?,30-,32?,34?/m0/s1. The third kappa shape index (κ3) is 6.68. The molecule has 2 aromatic rings. The van der Waals surface area contributed by atoms with E-state index in [1.54, 1.807) is 0 Å². The summed E-state index contributed by atoms with van der Waals surface area (Å²) >= 11 is 0. The molecule has 4 heterocycles. The molecule has 6 rings (SSSR count). The number of pyridine rings is 2. The maximum absolute atomic E-state index is 13.1. The van der Waals surface area contributed by atoms with E-state index in [0.29, 0.717) is 24.8 Å². The molecule has 6 nitrogen and oxygen atoms in total. The van der Waals surface area contributed by atoms with E-state index in [0.717, 1.165) is 81.8 Å². The van der Waals surface area contributed by atoms with Crippen molar-refractivity contribution >= 4 is 13.9 Å². The van der Waals surface area contributed by atoms with Crippen LogP contribution in [0.1, 0.15) is 111 Å². The van der Waals surface area contributed by atoms with Crippen molar-refractivity contribution in [2.24, 2.45) is 11.3 Å². The first-order chi connectivity index (χ1) is 21.2. The van der Waals surface area contributed by atoms with Gasteiger partial charge in [-0.3, -0.25) is 9.97 Å².